The summed E-state index contributed by atoms with van der Waals surface area (Å²) in [6.07, 6.45) is 5.80. The Kier molecular flexibility index (Phi) is 9.74. The normalized spacial score (nSPS) is 42.6. The molecule has 4 rings (SSSR count). The second-order valence-electron chi connectivity index (χ2n) is 16.5. The van der Waals surface area contributed by atoms with E-state index in [1.807, 2.05) is 41.5 Å². The van der Waals surface area contributed by atoms with E-state index < -0.39 is 33.9 Å². The summed E-state index contributed by atoms with van der Waals surface area (Å²) in [6, 6.07) is 0. The second-order valence-corrected chi connectivity index (χ2v) is 16.5. The van der Waals surface area contributed by atoms with E-state index in [0.717, 1.165) is 6.42 Å². The molecule has 2 aliphatic heterocycles. The van der Waals surface area contributed by atoms with E-state index in [4.69, 9.17) is 23.7 Å². The Morgan fingerprint density at radius 2 is 1.13 bits per heavy atom. The van der Waals surface area contributed by atoms with Gasteiger partial charge in [0, 0.05) is 49.9 Å². The van der Waals surface area contributed by atoms with E-state index in [2.05, 4.69) is 13.8 Å². The van der Waals surface area contributed by atoms with Crippen molar-refractivity contribution in [3.8, 4) is 0 Å². The predicted molar refractivity (Wildman–Crippen MR) is 168 cm³/mol. The van der Waals surface area contributed by atoms with Crippen molar-refractivity contribution < 1.29 is 42.9 Å². The minimum absolute atomic E-state index is 0.0881. The molecule has 9 atom stereocenters. The summed E-state index contributed by atoms with van der Waals surface area (Å²) in [7, 11) is 0. The largest absolute Gasteiger partial charge is 0.460 e. The number of Topliss-reactive ketones (excluding diaryl/α,β-unsaturated/α-hetero) is 1. The molecule has 0 radical (unpaired) electrons. The Balaban J connectivity index is 1.74. The van der Waals surface area contributed by atoms with Crippen LogP contribution in [-0.2, 0) is 42.9 Å². The lowest BCUT2D eigenvalue weighted by molar-refractivity contribution is -0.228. The molecule has 256 valence electrons. The van der Waals surface area contributed by atoms with Crippen molar-refractivity contribution in [2.45, 2.75) is 181 Å². The van der Waals surface area contributed by atoms with Crippen LogP contribution in [0.25, 0.3) is 0 Å². The van der Waals surface area contributed by atoms with Crippen LogP contribution < -0.4 is 0 Å². The van der Waals surface area contributed by atoms with Crippen molar-refractivity contribution in [3.63, 3.8) is 0 Å². The van der Waals surface area contributed by atoms with Gasteiger partial charge < -0.3 is 23.7 Å². The number of ketones is 1. The smallest absolute Gasteiger partial charge is 0.303 e. The molecule has 2 saturated heterocycles. The highest BCUT2D eigenvalue weighted by Gasteiger charge is 2.62. The van der Waals surface area contributed by atoms with Crippen LogP contribution in [0.3, 0.4) is 0 Å². The second kappa shape index (κ2) is 12.2. The summed E-state index contributed by atoms with van der Waals surface area (Å²) in [5.74, 6) is -1.06. The van der Waals surface area contributed by atoms with Crippen LogP contribution in [0, 0.1) is 22.7 Å². The maximum atomic E-state index is 13.1. The van der Waals surface area contributed by atoms with Gasteiger partial charge >= 0.3 is 17.9 Å². The van der Waals surface area contributed by atoms with Crippen LogP contribution in [0.15, 0.2) is 0 Å². The van der Waals surface area contributed by atoms with Crippen LogP contribution in [-0.4, -0.2) is 64.4 Å². The van der Waals surface area contributed by atoms with Gasteiger partial charge in [0.2, 0.25) is 0 Å². The van der Waals surface area contributed by atoms with Gasteiger partial charge in [-0.3, -0.25) is 19.2 Å². The Bertz CT molecular complexity index is 1180. The molecule has 0 aromatic heterocycles. The van der Waals surface area contributed by atoms with Gasteiger partial charge in [0.05, 0.1) is 17.8 Å². The summed E-state index contributed by atoms with van der Waals surface area (Å²) in [5.41, 5.74) is -3.84. The number of ether oxygens (including phenoxy) is 5. The summed E-state index contributed by atoms with van der Waals surface area (Å²) in [6.45, 7) is 20.6. The minimum Gasteiger partial charge on any atom is -0.460 e. The van der Waals surface area contributed by atoms with Gasteiger partial charge in [0.25, 0.3) is 0 Å². The quantitative estimate of drug-likeness (QED) is 0.234. The topological polar surface area (TPSA) is 114 Å². The monoisotopic (exact) mass is 634 g/mol. The molecule has 0 aromatic rings. The van der Waals surface area contributed by atoms with Crippen LogP contribution in [0.4, 0.5) is 0 Å². The predicted octanol–water partition coefficient (Wildman–Crippen LogP) is 6.66. The summed E-state index contributed by atoms with van der Waals surface area (Å²) in [4.78, 5) is 50.2. The number of carbonyl (C=O) groups excluding carboxylic acids is 4. The van der Waals surface area contributed by atoms with Gasteiger partial charge in [-0.1, -0.05) is 13.8 Å². The number of rotatable bonds is 6. The van der Waals surface area contributed by atoms with E-state index in [1.54, 1.807) is 0 Å². The number of fused-ring (bicyclic) bond motifs is 2. The van der Waals surface area contributed by atoms with E-state index in [-0.39, 0.29) is 53.1 Å². The number of carbonyl (C=O) groups is 4. The molecule has 4 fully saturated rings. The molecule has 0 spiro atoms. The lowest BCUT2D eigenvalue weighted by Crippen LogP contribution is -2.60. The summed E-state index contributed by atoms with van der Waals surface area (Å²) >= 11 is 0. The fourth-order valence-corrected chi connectivity index (χ4v) is 9.99. The summed E-state index contributed by atoms with van der Waals surface area (Å²) in [5, 5.41) is 0. The summed E-state index contributed by atoms with van der Waals surface area (Å²) < 4.78 is 31.6. The van der Waals surface area contributed by atoms with E-state index in [1.165, 1.54) is 20.8 Å². The molecule has 0 amide bonds. The maximum Gasteiger partial charge on any atom is 0.303 e. The van der Waals surface area contributed by atoms with Crippen molar-refractivity contribution in [3.05, 3.63) is 0 Å². The Labute approximate surface area is 270 Å². The Hall–Kier alpha value is -2.00. The first-order chi connectivity index (χ1) is 20.6. The van der Waals surface area contributed by atoms with Gasteiger partial charge in [-0.2, -0.15) is 0 Å². The molecule has 2 heterocycles. The number of hydrogen-bond acceptors (Lipinski definition) is 9. The maximum absolute atomic E-state index is 13.1. The average Bonchev–Trinajstić information content (AvgIpc) is 3.04. The fraction of sp³-hybridized carbons (Fsp3) is 0.889. The van der Waals surface area contributed by atoms with Crippen LogP contribution in [0.2, 0.25) is 0 Å². The third-order valence-electron chi connectivity index (χ3n) is 12.3. The minimum atomic E-state index is -0.872. The molecule has 2 aliphatic carbocycles. The molecule has 0 aromatic carbocycles. The van der Waals surface area contributed by atoms with Crippen molar-refractivity contribution >= 4 is 23.7 Å². The zero-order valence-corrected chi connectivity index (χ0v) is 29.6. The zero-order chi connectivity index (χ0) is 33.8. The molecule has 45 heavy (non-hydrogen) atoms. The average molecular weight is 635 g/mol. The zero-order valence-electron chi connectivity index (χ0n) is 29.6. The highest BCUT2D eigenvalue weighted by Crippen LogP contribution is 2.60. The molecule has 0 N–H and O–H groups in total. The van der Waals surface area contributed by atoms with Crippen LogP contribution in [0.5, 0.6) is 0 Å². The molecule has 9 unspecified atom stereocenters. The highest BCUT2D eigenvalue weighted by molar-refractivity contribution is 5.86. The van der Waals surface area contributed by atoms with Crippen LogP contribution >= 0.6 is 0 Å². The van der Waals surface area contributed by atoms with Gasteiger partial charge in [-0.25, -0.2) is 0 Å². The lowest BCUT2D eigenvalue weighted by atomic mass is 9.53. The highest BCUT2D eigenvalue weighted by atomic mass is 16.6. The molecule has 0 bridgehead atoms. The third-order valence-corrected chi connectivity index (χ3v) is 12.3. The molecule has 9 nitrogen and oxygen atoms in total. The molecular weight excluding hydrogens is 576 g/mol. The SMILES string of the molecule is CC(=O)OC1CCC2(C)C(CCC(C)(OC(C)=O)C2CCC2C(C)(OC(C)=O)CCC3OC(C)(C)C(=O)CCC32C)OC1(C)C. The van der Waals surface area contributed by atoms with Crippen molar-refractivity contribution in [1.82, 2.24) is 0 Å². The number of hydrogen-bond donors (Lipinski definition) is 0. The molecular formula is C36H58O9. The Morgan fingerprint density at radius 3 is 1.60 bits per heavy atom. The first-order valence-corrected chi connectivity index (χ1v) is 17.0. The molecule has 9 heteroatoms. The van der Waals surface area contributed by atoms with E-state index in [9.17, 15) is 19.2 Å². The fourth-order valence-electron chi connectivity index (χ4n) is 9.99. The van der Waals surface area contributed by atoms with Gasteiger partial charge in [0.1, 0.15) is 22.9 Å². The van der Waals surface area contributed by atoms with Crippen molar-refractivity contribution in [2.75, 3.05) is 0 Å². The van der Waals surface area contributed by atoms with Gasteiger partial charge in [-0.15, -0.1) is 0 Å². The van der Waals surface area contributed by atoms with Crippen molar-refractivity contribution in [1.29, 1.82) is 0 Å². The van der Waals surface area contributed by atoms with Crippen molar-refractivity contribution in [2.24, 2.45) is 22.7 Å². The number of esters is 3. The van der Waals surface area contributed by atoms with Gasteiger partial charge in [-0.05, 0) is 99.3 Å². The first-order valence-electron chi connectivity index (χ1n) is 17.0. The third kappa shape index (κ3) is 6.86. The van der Waals surface area contributed by atoms with E-state index in [0.29, 0.717) is 57.8 Å². The van der Waals surface area contributed by atoms with Crippen LogP contribution in [0.1, 0.15) is 140 Å². The lowest BCUT2D eigenvalue weighted by Gasteiger charge is -2.58. The first kappa shape index (κ1) is 35.8. The Morgan fingerprint density at radius 1 is 0.667 bits per heavy atom. The van der Waals surface area contributed by atoms with Gasteiger partial charge in [0.15, 0.2) is 5.78 Å². The standard InChI is InChI=1S/C36H58O9/c1-22(37)41-28-15-19-34(9)26(36(11,43-24(3)39)21-17-30(34)45-32(28,6)7)13-12-25-33(8)18-14-27(40)31(4,5)44-29(33)16-20-35(25,10)42-23(2)38/h25-26,28-30H,12-21H2,1-11H3. The molecule has 4 aliphatic rings. The van der Waals surface area contributed by atoms with E-state index >= 15 is 0 Å². The molecule has 2 saturated carbocycles.